The molecule has 0 bridgehead atoms. The molecule has 1 aromatic carbocycles. The molecule has 0 fully saturated rings. The minimum Gasteiger partial charge on any atom is -0.395 e. The van der Waals surface area contributed by atoms with Crippen LogP contribution in [0.2, 0.25) is 0 Å². The number of halogens is 4. The number of aliphatic hydroxyl groups is 2. The van der Waals surface area contributed by atoms with Crippen molar-refractivity contribution in [3.05, 3.63) is 35.9 Å². The van der Waals surface area contributed by atoms with Crippen LogP contribution in [-0.2, 0) is 5.60 Å². The third kappa shape index (κ3) is 4.13. The lowest BCUT2D eigenvalue weighted by atomic mass is 9.81. The first kappa shape index (κ1) is 17.8. The molecular formula is C15H16ClF3O2. The third-order valence-electron chi connectivity index (χ3n) is 3.04. The zero-order valence-corrected chi connectivity index (χ0v) is 12.0. The van der Waals surface area contributed by atoms with Gasteiger partial charge in [-0.2, -0.15) is 13.2 Å². The van der Waals surface area contributed by atoms with Crippen LogP contribution in [0.3, 0.4) is 0 Å². The first-order valence-corrected chi connectivity index (χ1v) is 6.91. The van der Waals surface area contributed by atoms with Crippen LogP contribution in [0, 0.1) is 17.8 Å². The average molecular weight is 321 g/mol. The van der Waals surface area contributed by atoms with E-state index in [-0.39, 0.29) is 5.56 Å². The molecule has 0 unspecified atom stereocenters. The Kier molecular flexibility index (Phi) is 6.53. The fraction of sp³-hybridized carbons (Fsp3) is 0.467. The monoisotopic (exact) mass is 320 g/mol. The van der Waals surface area contributed by atoms with E-state index in [0.717, 1.165) is 12.1 Å². The molecule has 0 aromatic heterocycles. The molecule has 1 aromatic rings. The van der Waals surface area contributed by atoms with Gasteiger partial charge in [0.05, 0.1) is 12.5 Å². The first-order valence-electron chi connectivity index (χ1n) is 6.37. The maximum Gasteiger partial charge on any atom is 0.422 e. The minimum atomic E-state index is -4.96. The summed E-state index contributed by atoms with van der Waals surface area (Å²) in [5.74, 6) is 3.54. The molecule has 0 heterocycles. The highest BCUT2D eigenvalue weighted by molar-refractivity contribution is 6.17. The number of hydrogen-bond acceptors (Lipinski definition) is 2. The van der Waals surface area contributed by atoms with Gasteiger partial charge in [-0.25, -0.2) is 0 Å². The van der Waals surface area contributed by atoms with E-state index >= 15 is 0 Å². The summed E-state index contributed by atoms with van der Waals surface area (Å²) in [5, 5.41) is 19.5. The number of hydrogen-bond donors (Lipinski definition) is 2. The molecule has 0 saturated carbocycles. The summed E-state index contributed by atoms with van der Waals surface area (Å²) in [7, 11) is 0. The van der Waals surface area contributed by atoms with Gasteiger partial charge >= 0.3 is 6.18 Å². The zero-order chi connectivity index (χ0) is 15.9. The van der Waals surface area contributed by atoms with Gasteiger partial charge in [-0.3, -0.25) is 0 Å². The van der Waals surface area contributed by atoms with Crippen LogP contribution in [0.5, 0.6) is 0 Å². The van der Waals surface area contributed by atoms with Crippen molar-refractivity contribution in [3.8, 4) is 11.8 Å². The molecule has 0 aliphatic rings. The van der Waals surface area contributed by atoms with Crippen molar-refractivity contribution in [2.24, 2.45) is 5.92 Å². The Labute approximate surface area is 126 Å². The molecule has 0 aliphatic carbocycles. The Hall–Kier alpha value is -1.22. The van der Waals surface area contributed by atoms with Crippen LogP contribution >= 0.6 is 11.6 Å². The fourth-order valence-electron chi connectivity index (χ4n) is 1.89. The van der Waals surface area contributed by atoms with E-state index in [2.05, 4.69) is 11.8 Å². The molecule has 6 heteroatoms. The van der Waals surface area contributed by atoms with Crippen molar-refractivity contribution < 1.29 is 23.4 Å². The second-order valence-corrected chi connectivity index (χ2v) is 4.86. The molecular weight excluding hydrogens is 305 g/mol. The highest BCUT2D eigenvalue weighted by Crippen LogP contribution is 2.44. The highest BCUT2D eigenvalue weighted by Gasteiger charge is 2.59. The Morgan fingerprint density at radius 1 is 1.19 bits per heavy atom. The van der Waals surface area contributed by atoms with Crippen molar-refractivity contribution in [2.75, 3.05) is 12.5 Å². The molecule has 0 aliphatic heterocycles. The summed E-state index contributed by atoms with van der Waals surface area (Å²) >= 11 is 5.46. The second-order valence-electron chi connectivity index (χ2n) is 4.48. The molecule has 2 N–H and O–H groups in total. The molecule has 116 valence electrons. The Morgan fingerprint density at radius 2 is 1.81 bits per heavy atom. The van der Waals surface area contributed by atoms with E-state index in [0.29, 0.717) is 18.7 Å². The highest BCUT2D eigenvalue weighted by atomic mass is 35.5. The van der Waals surface area contributed by atoms with Gasteiger partial charge in [0.2, 0.25) is 5.60 Å². The SMILES string of the molecule is OC[C@H](C#CCCCCl)[C@](O)(c1ccccc1)C(F)(F)F. The van der Waals surface area contributed by atoms with Gasteiger partial charge in [0.15, 0.2) is 0 Å². The van der Waals surface area contributed by atoms with Crippen molar-refractivity contribution in [1.29, 1.82) is 0 Å². The van der Waals surface area contributed by atoms with Crippen LogP contribution in [0.1, 0.15) is 18.4 Å². The first-order chi connectivity index (χ1) is 9.87. The van der Waals surface area contributed by atoms with Crippen molar-refractivity contribution >= 4 is 11.6 Å². The van der Waals surface area contributed by atoms with Crippen molar-refractivity contribution in [1.82, 2.24) is 0 Å². The lowest BCUT2D eigenvalue weighted by Gasteiger charge is -2.34. The van der Waals surface area contributed by atoms with E-state index in [1.54, 1.807) is 6.07 Å². The lowest BCUT2D eigenvalue weighted by Crippen LogP contribution is -2.49. The van der Waals surface area contributed by atoms with Crippen molar-refractivity contribution in [3.63, 3.8) is 0 Å². The number of benzene rings is 1. The largest absolute Gasteiger partial charge is 0.422 e. The number of rotatable bonds is 5. The van der Waals surface area contributed by atoms with Gasteiger partial charge in [-0.05, 0) is 12.0 Å². The van der Waals surface area contributed by atoms with E-state index in [1.807, 2.05) is 0 Å². The summed E-state index contributed by atoms with van der Waals surface area (Å²) in [6, 6.07) is 6.65. The number of aliphatic hydroxyl groups excluding tert-OH is 1. The maximum absolute atomic E-state index is 13.4. The van der Waals surface area contributed by atoms with E-state index in [9.17, 15) is 23.4 Å². The summed E-state index contributed by atoms with van der Waals surface area (Å²) in [6.07, 6.45) is -4.12. The molecule has 0 saturated heterocycles. The number of unbranched alkanes of at least 4 members (excludes halogenated alkanes) is 1. The summed E-state index contributed by atoms with van der Waals surface area (Å²) in [5.41, 5.74) is -3.56. The average Bonchev–Trinajstić information content (AvgIpc) is 2.46. The van der Waals surface area contributed by atoms with Crippen molar-refractivity contribution in [2.45, 2.75) is 24.6 Å². The zero-order valence-electron chi connectivity index (χ0n) is 11.2. The second kappa shape index (κ2) is 7.69. The standard InChI is InChI=1S/C15H16ClF3O2/c16-10-6-2-5-9-13(11-20)14(21,15(17,18)19)12-7-3-1-4-8-12/h1,3-4,7-8,13,20-21H,2,6,10-11H2/t13-,14+/m0/s1. The van der Waals surface area contributed by atoms with Gasteiger partial charge in [0.1, 0.15) is 0 Å². The van der Waals surface area contributed by atoms with E-state index in [1.165, 1.54) is 12.1 Å². The molecule has 0 radical (unpaired) electrons. The van der Waals surface area contributed by atoms with E-state index < -0.39 is 24.3 Å². The summed E-state index contributed by atoms with van der Waals surface area (Å²) < 4.78 is 40.1. The fourth-order valence-corrected chi connectivity index (χ4v) is 2.02. The Bertz CT molecular complexity index is 493. The molecule has 2 nitrogen and oxygen atoms in total. The van der Waals surface area contributed by atoms with Gasteiger partial charge in [0.25, 0.3) is 0 Å². The van der Waals surface area contributed by atoms with Crippen LogP contribution in [-0.4, -0.2) is 28.9 Å². The Balaban J connectivity index is 3.19. The predicted molar refractivity (Wildman–Crippen MR) is 74.7 cm³/mol. The van der Waals surface area contributed by atoms with Gasteiger partial charge in [-0.1, -0.05) is 36.3 Å². The minimum absolute atomic E-state index is 0.308. The van der Waals surface area contributed by atoms with Gasteiger partial charge < -0.3 is 10.2 Å². The van der Waals surface area contributed by atoms with Gasteiger partial charge in [0, 0.05) is 12.3 Å². The smallest absolute Gasteiger partial charge is 0.395 e. The van der Waals surface area contributed by atoms with Gasteiger partial charge in [-0.15, -0.1) is 17.5 Å². The molecule has 2 atom stereocenters. The van der Waals surface area contributed by atoms with Crippen LogP contribution in [0.25, 0.3) is 0 Å². The molecule has 21 heavy (non-hydrogen) atoms. The summed E-state index contributed by atoms with van der Waals surface area (Å²) in [6.45, 7) is -0.904. The van der Waals surface area contributed by atoms with Crippen LogP contribution in [0.15, 0.2) is 30.3 Å². The van der Waals surface area contributed by atoms with Crippen LogP contribution < -0.4 is 0 Å². The molecule has 0 amide bonds. The third-order valence-corrected chi connectivity index (χ3v) is 3.31. The lowest BCUT2D eigenvalue weighted by molar-refractivity contribution is -0.282. The topological polar surface area (TPSA) is 40.5 Å². The van der Waals surface area contributed by atoms with Crippen LogP contribution in [0.4, 0.5) is 13.2 Å². The Morgan fingerprint density at radius 3 is 2.29 bits per heavy atom. The molecule has 1 rings (SSSR count). The summed E-state index contributed by atoms with van der Waals surface area (Å²) in [4.78, 5) is 0. The molecule has 0 spiro atoms. The normalized spacial score (nSPS) is 15.7. The van der Waals surface area contributed by atoms with E-state index in [4.69, 9.17) is 11.6 Å². The number of alkyl halides is 4. The maximum atomic E-state index is 13.4. The predicted octanol–water partition coefficient (Wildman–Crippen LogP) is 3.07. The quantitative estimate of drug-likeness (QED) is 0.497.